The molecule has 0 amide bonds. The molecule has 0 bridgehead atoms. The maximum Gasteiger partial charge on any atom is 0.0332 e. The van der Waals surface area contributed by atoms with Crippen LogP contribution in [0.3, 0.4) is 0 Å². The molecule has 0 aromatic rings. The fraction of sp³-hybridized carbons (Fsp3) is 0.727. The largest absolute Gasteiger partial charge is 0.263 e. The zero-order valence-electron chi connectivity index (χ0n) is 9.44. The Balaban J connectivity index is 0. The Kier molecular flexibility index (Phi) is 12.1. The molecule has 0 aliphatic heterocycles. The fourth-order valence-electron chi connectivity index (χ4n) is 0.721. The van der Waals surface area contributed by atoms with Gasteiger partial charge in [0.1, 0.15) is 0 Å². The minimum Gasteiger partial charge on any atom is -0.263 e. The first-order chi connectivity index (χ1) is 5.70. The summed E-state index contributed by atoms with van der Waals surface area (Å²) >= 11 is 0. The first-order valence-corrected chi connectivity index (χ1v) is 4.91. The molecule has 0 radical (unpaired) electrons. The molecule has 0 aliphatic rings. The van der Waals surface area contributed by atoms with Crippen LogP contribution in [0, 0.1) is 0 Å². The summed E-state index contributed by atoms with van der Waals surface area (Å²) in [6.07, 6.45) is 4.26. The quantitative estimate of drug-likeness (QED) is 0.561. The van der Waals surface area contributed by atoms with E-state index in [0.29, 0.717) is 0 Å². The van der Waals surface area contributed by atoms with E-state index in [1.54, 1.807) is 0 Å². The van der Waals surface area contributed by atoms with E-state index in [-0.39, 0.29) is 0 Å². The predicted octanol–water partition coefficient (Wildman–Crippen LogP) is 4.20. The van der Waals surface area contributed by atoms with Gasteiger partial charge in [-0.25, -0.2) is 0 Å². The Morgan fingerprint density at radius 3 is 2.00 bits per heavy atom. The summed E-state index contributed by atoms with van der Waals surface area (Å²) < 4.78 is 0. The molecule has 0 aromatic heterocycles. The first-order valence-electron chi connectivity index (χ1n) is 4.91. The average molecular weight is 169 g/mol. The summed E-state index contributed by atoms with van der Waals surface area (Å²) in [7, 11) is 0. The molecule has 12 heavy (non-hydrogen) atoms. The van der Waals surface area contributed by atoms with Gasteiger partial charge in [0.2, 0.25) is 0 Å². The summed E-state index contributed by atoms with van der Waals surface area (Å²) in [5.74, 6) is 0. The Bertz CT molecular complexity index is 143. The molecule has 0 aromatic carbocycles. The maximum absolute atomic E-state index is 4.36. The van der Waals surface area contributed by atoms with Crippen LogP contribution in [0.15, 0.2) is 16.8 Å². The van der Waals surface area contributed by atoms with E-state index in [1.165, 1.54) is 5.71 Å². The van der Waals surface area contributed by atoms with Crippen LogP contribution in [0.5, 0.6) is 0 Å². The van der Waals surface area contributed by atoms with E-state index in [9.17, 15) is 0 Å². The lowest BCUT2D eigenvalue weighted by Gasteiger charge is -1.94. The van der Waals surface area contributed by atoms with Gasteiger partial charge in [-0.05, 0) is 26.7 Å². The molecule has 0 atom stereocenters. The van der Waals surface area contributed by atoms with E-state index >= 15 is 0 Å². The van der Waals surface area contributed by atoms with E-state index in [1.807, 2.05) is 20.8 Å². The minimum absolute atomic E-state index is 1.05. The summed E-state index contributed by atoms with van der Waals surface area (Å²) in [6.45, 7) is 12.4. The number of allylic oxidation sites excluding steroid dienone is 2. The molecule has 1 nitrogen and oxygen atoms in total. The number of hydrogen-bond donors (Lipinski definition) is 0. The Hall–Kier alpha value is -0.590. The van der Waals surface area contributed by atoms with Crippen LogP contribution in [0.1, 0.15) is 54.4 Å². The lowest BCUT2D eigenvalue weighted by Crippen LogP contribution is -1.86. The second-order valence-electron chi connectivity index (χ2n) is 2.45. The van der Waals surface area contributed by atoms with Gasteiger partial charge >= 0.3 is 0 Å². The highest BCUT2D eigenvalue weighted by molar-refractivity contribution is 5.82. The molecule has 0 rings (SSSR count). The van der Waals surface area contributed by atoms with Crippen molar-refractivity contribution >= 4 is 5.71 Å². The van der Waals surface area contributed by atoms with Gasteiger partial charge in [-0.15, -0.1) is 0 Å². The zero-order valence-corrected chi connectivity index (χ0v) is 9.44. The molecular weight excluding hydrogens is 146 g/mol. The summed E-state index contributed by atoms with van der Waals surface area (Å²) in [6, 6.07) is 0. The standard InChI is InChI=1S/C9H17N.C2H6/c1-5-7-9(4)10-8(3)6-2;1-2/h7H,5-6H2,1-4H3;1-2H3/b9-7-,10-8?;. The lowest BCUT2D eigenvalue weighted by atomic mass is 10.3. The van der Waals surface area contributed by atoms with Gasteiger partial charge in [-0.2, -0.15) is 0 Å². The number of rotatable bonds is 3. The van der Waals surface area contributed by atoms with Crippen molar-refractivity contribution in [2.24, 2.45) is 4.99 Å². The van der Waals surface area contributed by atoms with Gasteiger partial charge in [-0.3, -0.25) is 4.99 Å². The monoisotopic (exact) mass is 169 g/mol. The van der Waals surface area contributed by atoms with Gasteiger partial charge in [0.25, 0.3) is 0 Å². The van der Waals surface area contributed by atoms with Crippen LogP contribution in [0.2, 0.25) is 0 Å². The highest BCUT2D eigenvalue weighted by Crippen LogP contribution is 1.98. The molecule has 0 saturated heterocycles. The van der Waals surface area contributed by atoms with Crippen molar-refractivity contribution in [2.45, 2.75) is 54.4 Å². The SMILES string of the molecule is CC.CC/C=C(/C)N=C(C)CC. The third-order valence-electron chi connectivity index (χ3n) is 1.38. The molecule has 0 spiro atoms. The molecule has 0 aliphatic carbocycles. The Morgan fingerprint density at radius 2 is 1.67 bits per heavy atom. The van der Waals surface area contributed by atoms with Crippen LogP contribution in [-0.4, -0.2) is 5.71 Å². The van der Waals surface area contributed by atoms with Gasteiger partial charge in [0.15, 0.2) is 0 Å². The van der Waals surface area contributed by atoms with Gasteiger partial charge in [0.05, 0.1) is 0 Å². The van der Waals surface area contributed by atoms with Crippen molar-refractivity contribution in [1.29, 1.82) is 0 Å². The van der Waals surface area contributed by atoms with Crippen LogP contribution < -0.4 is 0 Å². The van der Waals surface area contributed by atoms with Gasteiger partial charge in [-0.1, -0.05) is 33.8 Å². The smallest absolute Gasteiger partial charge is 0.0332 e. The molecular formula is C11H23N. The number of nitrogens with zero attached hydrogens (tertiary/aromatic N) is 1. The fourth-order valence-corrected chi connectivity index (χ4v) is 0.721. The highest BCUT2D eigenvalue weighted by Gasteiger charge is 1.85. The Labute approximate surface area is 77.6 Å². The normalized spacial score (nSPS) is 12.2. The maximum atomic E-state index is 4.36. The van der Waals surface area contributed by atoms with Crippen molar-refractivity contribution < 1.29 is 0 Å². The van der Waals surface area contributed by atoms with E-state index in [0.717, 1.165) is 18.5 Å². The van der Waals surface area contributed by atoms with Gasteiger partial charge in [0, 0.05) is 11.4 Å². The van der Waals surface area contributed by atoms with Crippen molar-refractivity contribution in [3.05, 3.63) is 11.8 Å². The summed E-state index contributed by atoms with van der Waals surface area (Å²) in [4.78, 5) is 4.36. The average Bonchev–Trinajstić information content (AvgIpc) is 2.08. The lowest BCUT2D eigenvalue weighted by molar-refractivity contribution is 1.14. The van der Waals surface area contributed by atoms with Crippen molar-refractivity contribution in [3.8, 4) is 0 Å². The van der Waals surface area contributed by atoms with E-state index in [4.69, 9.17) is 0 Å². The Morgan fingerprint density at radius 1 is 1.17 bits per heavy atom. The van der Waals surface area contributed by atoms with Crippen molar-refractivity contribution in [3.63, 3.8) is 0 Å². The van der Waals surface area contributed by atoms with Gasteiger partial charge < -0.3 is 0 Å². The second kappa shape index (κ2) is 10.4. The molecule has 1 heteroatoms. The summed E-state index contributed by atoms with van der Waals surface area (Å²) in [5, 5.41) is 0. The third-order valence-corrected chi connectivity index (χ3v) is 1.38. The van der Waals surface area contributed by atoms with E-state index in [2.05, 4.69) is 31.8 Å². The number of hydrogen-bond acceptors (Lipinski definition) is 1. The zero-order chi connectivity index (χ0) is 9.98. The molecule has 0 N–H and O–H groups in total. The molecule has 72 valence electrons. The molecule has 0 fully saturated rings. The van der Waals surface area contributed by atoms with Crippen molar-refractivity contribution in [1.82, 2.24) is 0 Å². The predicted molar refractivity (Wildman–Crippen MR) is 58.8 cm³/mol. The minimum atomic E-state index is 1.05. The van der Waals surface area contributed by atoms with Crippen molar-refractivity contribution in [2.75, 3.05) is 0 Å². The first kappa shape index (κ1) is 14.0. The second-order valence-corrected chi connectivity index (χ2v) is 2.45. The topological polar surface area (TPSA) is 12.4 Å². The van der Waals surface area contributed by atoms with Crippen LogP contribution >= 0.6 is 0 Å². The highest BCUT2D eigenvalue weighted by atomic mass is 14.7. The molecule has 0 heterocycles. The molecule has 0 unspecified atom stereocenters. The number of aliphatic imine (C=N–C) groups is 1. The van der Waals surface area contributed by atoms with Crippen LogP contribution in [0.25, 0.3) is 0 Å². The third kappa shape index (κ3) is 9.41. The summed E-state index contributed by atoms with van der Waals surface area (Å²) in [5.41, 5.74) is 2.35. The van der Waals surface area contributed by atoms with Crippen LogP contribution in [-0.2, 0) is 0 Å². The van der Waals surface area contributed by atoms with Crippen LogP contribution in [0.4, 0.5) is 0 Å². The molecule has 0 saturated carbocycles. The van der Waals surface area contributed by atoms with E-state index < -0.39 is 0 Å².